The number of hydrogen-bond donors (Lipinski definition) is 0. The van der Waals surface area contributed by atoms with E-state index < -0.39 is 15.8 Å². The molecule has 3 heterocycles. The number of benzene rings is 1. The molecule has 0 fully saturated rings. The number of imidazole rings is 1. The Balaban J connectivity index is 1.76. The van der Waals surface area contributed by atoms with Gasteiger partial charge in [0.05, 0.1) is 11.3 Å². The lowest BCUT2D eigenvalue weighted by molar-refractivity contribution is 0.0535. The summed E-state index contributed by atoms with van der Waals surface area (Å²) in [5, 5.41) is 1.67. The largest absolute Gasteiger partial charge is 0.457 e. The smallest absolute Gasteiger partial charge is 0.338 e. The van der Waals surface area contributed by atoms with Gasteiger partial charge in [0.2, 0.25) is 9.84 Å². The molecule has 0 spiro atoms. The molecule has 2 aromatic heterocycles. The van der Waals surface area contributed by atoms with Crippen LogP contribution in [0.5, 0.6) is 0 Å². The third-order valence-electron chi connectivity index (χ3n) is 3.58. The number of nitrogens with zero attached hydrogens (tertiary/aromatic N) is 2. The van der Waals surface area contributed by atoms with E-state index in [1.165, 1.54) is 15.7 Å². The van der Waals surface area contributed by atoms with Gasteiger partial charge in [-0.3, -0.25) is 4.40 Å². The second-order valence-corrected chi connectivity index (χ2v) is 8.23. The van der Waals surface area contributed by atoms with Crippen LogP contribution < -0.4 is 0 Å². The number of fused-ring (bicyclic) bond motifs is 2. The van der Waals surface area contributed by atoms with Crippen molar-refractivity contribution in [3.05, 3.63) is 51.6 Å². The second-order valence-electron chi connectivity index (χ2n) is 5.09. The van der Waals surface area contributed by atoms with Crippen molar-refractivity contribution in [2.45, 2.75) is 17.4 Å². The van der Waals surface area contributed by atoms with Gasteiger partial charge < -0.3 is 4.74 Å². The molecule has 0 saturated carbocycles. The van der Waals surface area contributed by atoms with Crippen LogP contribution in [-0.2, 0) is 26.9 Å². The molecule has 6 nitrogen and oxygen atoms in total. The van der Waals surface area contributed by atoms with Gasteiger partial charge in [-0.05, 0) is 11.6 Å². The number of thiazole rings is 1. The van der Waals surface area contributed by atoms with Gasteiger partial charge >= 0.3 is 5.97 Å². The van der Waals surface area contributed by atoms with E-state index in [4.69, 9.17) is 16.3 Å². The van der Waals surface area contributed by atoms with Crippen molar-refractivity contribution in [2.24, 2.45) is 0 Å². The minimum atomic E-state index is -3.71. The van der Waals surface area contributed by atoms with Gasteiger partial charge in [-0.2, -0.15) is 0 Å². The molecule has 4 rings (SSSR count). The van der Waals surface area contributed by atoms with Crippen molar-refractivity contribution in [1.82, 2.24) is 9.38 Å². The van der Waals surface area contributed by atoms with Crippen molar-refractivity contribution in [3.63, 3.8) is 0 Å². The van der Waals surface area contributed by atoms with Gasteiger partial charge in [0.25, 0.3) is 0 Å². The molecule has 9 heteroatoms. The fraction of sp³-hybridized carbons (Fsp3) is 0.143. The highest BCUT2D eigenvalue weighted by Gasteiger charge is 2.27. The van der Waals surface area contributed by atoms with Crippen LogP contribution in [0.4, 0.5) is 0 Å². The number of sulfone groups is 1. The third kappa shape index (κ3) is 2.34. The fourth-order valence-electron chi connectivity index (χ4n) is 2.55. The molecular formula is C14H9ClN2O4S2. The number of ether oxygens (including phenoxy) is 1. The molecule has 118 valence electrons. The summed E-state index contributed by atoms with van der Waals surface area (Å²) in [7, 11) is -3.71. The van der Waals surface area contributed by atoms with E-state index in [2.05, 4.69) is 4.98 Å². The quantitative estimate of drug-likeness (QED) is 0.664. The third-order valence-corrected chi connectivity index (χ3v) is 6.41. The fourth-order valence-corrected chi connectivity index (χ4v) is 5.40. The van der Waals surface area contributed by atoms with Gasteiger partial charge in [-0.1, -0.05) is 23.7 Å². The maximum Gasteiger partial charge on any atom is 0.338 e. The van der Waals surface area contributed by atoms with Crippen molar-refractivity contribution in [2.75, 3.05) is 0 Å². The summed E-state index contributed by atoms with van der Waals surface area (Å²) in [5.41, 5.74) is 1.68. The molecule has 0 unspecified atom stereocenters. The first-order valence-electron chi connectivity index (χ1n) is 6.58. The summed E-state index contributed by atoms with van der Waals surface area (Å²) in [4.78, 5) is 16.2. The van der Waals surface area contributed by atoms with Crippen molar-refractivity contribution < 1.29 is 17.9 Å². The van der Waals surface area contributed by atoms with E-state index in [0.717, 1.165) is 5.56 Å². The van der Waals surface area contributed by atoms with E-state index in [9.17, 15) is 13.2 Å². The Kier molecular flexibility index (Phi) is 3.22. The highest BCUT2D eigenvalue weighted by molar-refractivity contribution is 7.90. The van der Waals surface area contributed by atoms with Gasteiger partial charge in [0, 0.05) is 17.1 Å². The number of aromatic nitrogens is 2. The number of carbonyl (C=O) groups excluding carboxylic acids is 1. The number of hydrogen-bond acceptors (Lipinski definition) is 6. The Morgan fingerprint density at radius 2 is 2.22 bits per heavy atom. The van der Waals surface area contributed by atoms with E-state index in [0.29, 0.717) is 16.1 Å². The normalized spacial score (nSPS) is 14.2. The lowest BCUT2D eigenvalue weighted by atomic mass is 10.1. The summed E-state index contributed by atoms with van der Waals surface area (Å²) in [6.45, 7) is 0.227. The first-order chi connectivity index (χ1) is 11.0. The Bertz CT molecular complexity index is 1050. The summed E-state index contributed by atoms with van der Waals surface area (Å²) in [5.74, 6) is -0.696. The zero-order valence-electron chi connectivity index (χ0n) is 11.5. The highest BCUT2D eigenvalue weighted by Crippen LogP contribution is 2.29. The van der Waals surface area contributed by atoms with Crippen LogP contribution in [0.25, 0.3) is 4.96 Å². The minimum Gasteiger partial charge on any atom is -0.457 e. The standard InChI is InChI=1S/C14H9ClN2O4S2/c15-11-12(17-3-4-22-14(17)16-11)23(19,20)7-8-1-2-9-6-21-13(18)10(9)5-8/h1-5H,6-7H2. The predicted molar refractivity (Wildman–Crippen MR) is 84.5 cm³/mol. The topological polar surface area (TPSA) is 77.7 Å². The number of halogens is 1. The lowest BCUT2D eigenvalue weighted by Gasteiger charge is -2.05. The number of rotatable bonds is 3. The molecule has 0 bridgehead atoms. The van der Waals surface area contributed by atoms with E-state index >= 15 is 0 Å². The highest BCUT2D eigenvalue weighted by atomic mass is 35.5. The van der Waals surface area contributed by atoms with Gasteiger partial charge in [-0.25, -0.2) is 18.2 Å². The van der Waals surface area contributed by atoms with Crippen LogP contribution in [0.3, 0.4) is 0 Å². The van der Waals surface area contributed by atoms with Crippen LogP contribution in [0.1, 0.15) is 21.5 Å². The second kappa shape index (κ2) is 5.05. The monoisotopic (exact) mass is 368 g/mol. The van der Waals surface area contributed by atoms with Crippen molar-refractivity contribution in [1.29, 1.82) is 0 Å². The molecule has 0 aliphatic carbocycles. The zero-order chi connectivity index (χ0) is 16.2. The first-order valence-corrected chi connectivity index (χ1v) is 9.49. The number of cyclic esters (lactones) is 1. The van der Waals surface area contributed by atoms with Crippen LogP contribution in [0.2, 0.25) is 5.15 Å². The maximum absolute atomic E-state index is 12.7. The molecule has 0 N–H and O–H groups in total. The SMILES string of the molecule is O=C1OCc2ccc(CS(=O)(=O)c3c(Cl)nc4sccn34)cc21. The molecule has 23 heavy (non-hydrogen) atoms. The summed E-state index contributed by atoms with van der Waals surface area (Å²) < 4.78 is 31.8. The zero-order valence-corrected chi connectivity index (χ0v) is 13.9. The number of carbonyl (C=O) groups is 1. The number of esters is 1. The Morgan fingerprint density at radius 1 is 1.39 bits per heavy atom. The van der Waals surface area contributed by atoms with Crippen molar-refractivity contribution in [3.8, 4) is 0 Å². The molecule has 3 aromatic rings. The van der Waals surface area contributed by atoms with E-state index in [1.807, 2.05) is 0 Å². The average molecular weight is 369 g/mol. The molecule has 1 aliphatic heterocycles. The Hall–Kier alpha value is -1.90. The predicted octanol–water partition coefficient (Wildman–Crippen LogP) is 2.69. The van der Waals surface area contributed by atoms with Gasteiger partial charge in [0.1, 0.15) is 6.61 Å². The minimum absolute atomic E-state index is 0.0292. The lowest BCUT2D eigenvalue weighted by Crippen LogP contribution is -2.08. The molecule has 0 radical (unpaired) electrons. The van der Waals surface area contributed by atoms with Crippen molar-refractivity contribution >= 4 is 43.7 Å². The Morgan fingerprint density at radius 3 is 3.04 bits per heavy atom. The van der Waals surface area contributed by atoms with Crippen LogP contribution in [-0.4, -0.2) is 23.8 Å². The van der Waals surface area contributed by atoms with Gasteiger partial charge in [0.15, 0.2) is 15.1 Å². The van der Waals surface area contributed by atoms with Crippen LogP contribution >= 0.6 is 22.9 Å². The summed E-state index contributed by atoms with van der Waals surface area (Å²) >= 11 is 7.30. The summed E-state index contributed by atoms with van der Waals surface area (Å²) in [6.07, 6.45) is 1.62. The molecule has 1 aromatic carbocycles. The van der Waals surface area contributed by atoms with E-state index in [1.54, 1.807) is 29.8 Å². The van der Waals surface area contributed by atoms with Gasteiger partial charge in [-0.15, -0.1) is 11.3 Å². The maximum atomic E-state index is 12.7. The van der Waals surface area contributed by atoms with E-state index in [-0.39, 0.29) is 22.5 Å². The molecule has 0 amide bonds. The molecule has 0 saturated heterocycles. The molecule has 0 atom stereocenters. The first kappa shape index (κ1) is 14.7. The van der Waals surface area contributed by atoms with Crippen LogP contribution in [0, 0.1) is 0 Å². The average Bonchev–Trinajstić information content (AvgIpc) is 3.13. The molecule has 1 aliphatic rings. The summed E-state index contributed by atoms with van der Waals surface area (Å²) in [6, 6.07) is 4.95. The van der Waals surface area contributed by atoms with Crippen LogP contribution in [0.15, 0.2) is 34.8 Å². The molecular weight excluding hydrogens is 360 g/mol. The Labute approximate surface area is 140 Å².